The Hall–Kier alpha value is -1.80. The van der Waals surface area contributed by atoms with E-state index in [0.29, 0.717) is 5.69 Å². The van der Waals surface area contributed by atoms with E-state index in [1.165, 1.54) is 0 Å². The van der Waals surface area contributed by atoms with E-state index in [-0.39, 0.29) is 12.5 Å². The molecule has 0 saturated carbocycles. The van der Waals surface area contributed by atoms with Crippen LogP contribution in [0.5, 0.6) is 0 Å². The number of carbonyl (C=O) groups excluding carboxylic acids is 1. The predicted molar refractivity (Wildman–Crippen MR) is 58.6 cm³/mol. The van der Waals surface area contributed by atoms with Gasteiger partial charge in [0.25, 0.3) is 0 Å². The van der Waals surface area contributed by atoms with Gasteiger partial charge in [-0.3, -0.25) is 4.79 Å². The van der Waals surface area contributed by atoms with Gasteiger partial charge in [0.05, 0.1) is 0 Å². The Labute approximate surface area is 94.3 Å². The second-order valence-electron chi connectivity index (χ2n) is 3.76. The third-order valence-corrected chi connectivity index (χ3v) is 2.72. The first-order chi connectivity index (χ1) is 7.81. The highest BCUT2D eigenvalue weighted by Crippen LogP contribution is 2.02. The highest BCUT2D eigenvalue weighted by atomic mass is 16.2. The topological polar surface area (TPSA) is 61.1 Å². The summed E-state index contributed by atoms with van der Waals surface area (Å²) in [5, 5.41) is 12.0. The lowest BCUT2D eigenvalue weighted by atomic mass is 10.3. The van der Waals surface area contributed by atoms with Crippen molar-refractivity contribution in [3.05, 3.63) is 24.0 Å². The molecule has 1 fully saturated rings. The zero-order chi connectivity index (χ0) is 11.4. The van der Waals surface area contributed by atoms with Crippen molar-refractivity contribution in [2.24, 2.45) is 0 Å². The normalized spacial score (nSPS) is 15.8. The molecular weight excluding hydrogens is 204 g/mol. The Kier molecular flexibility index (Phi) is 3.22. The van der Waals surface area contributed by atoms with E-state index in [9.17, 15) is 4.79 Å². The maximum Gasteiger partial charge on any atom is 0.242 e. The molecule has 1 aromatic rings. The van der Waals surface area contributed by atoms with Crippen LogP contribution in [0.1, 0.15) is 5.69 Å². The van der Waals surface area contributed by atoms with Crippen LogP contribution in [-0.2, 0) is 11.3 Å². The van der Waals surface area contributed by atoms with Crippen LogP contribution in [-0.4, -0.2) is 41.6 Å². The van der Waals surface area contributed by atoms with Gasteiger partial charge in [0.15, 0.2) is 0 Å². The zero-order valence-electron chi connectivity index (χ0n) is 9.02. The number of nitriles is 1. The van der Waals surface area contributed by atoms with Crippen LogP contribution in [0.2, 0.25) is 0 Å². The van der Waals surface area contributed by atoms with Crippen LogP contribution in [0.4, 0.5) is 0 Å². The molecule has 16 heavy (non-hydrogen) atoms. The van der Waals surface area contributed by atoms with Gasteiger partial charge in [0.1, 0.15) is 18.3 Å². The third kappa shape index (κ3) is 2.23. The van der Waals surface area contributed by atoms with E-state index in [4.69, 9.17) is 5.26 Å². The molecule has 1 aliphatic heterocycles. The average Bonchev–Trinajstić information content (AvgIpc) is 2.77. The number of nitrogens with one attached hydrogen (secondary N) is 1. The van der Waals surface area contributed by atoms with Crippen molar-refractivity contribution in [3.8, 4) is 6.07 Å². The number of amides is 1. The van der Waals surface area contributed by atoms with Gasteiger partial charge in [-0.15, -0.1) is 0 Å². The zero-order valence-corrected chi connectivity index (χ0v) is 9.02. The molecule has 0 aromatic carbocycles. The second kappa shape index (κ2) is 4.81. The fourth-order valence-electron chi connectivity index (χ4n) is 1.81. The Morgan fingerprint density at radius 1 is 1.50 bits per heavy atom. The van der Waals surface area contributed by atoms with Crippen molar-refractivity contribution in [2.75, 3.05) is 26.2 Å². The number of piperazine rings is 1. The molecule has 1 saturated heterocycles. The summed E-state index contributed by atoms with van der Waals surface area (Å²) in [5.41, 5.74) is 0.531. The summed E-state index contributed by atoms with van der Waals surface area (Å²) >= 11 is 0. The molecule has 1 aliphatic rings. The van der Waals surface area contributed by atoms with Crippen LogP contribution in [0.25, 0.3) is 0 Å². The molecule has 0 spiro atoms. The maximum atomic E-state index is 11.9. The highest BCUT2D eigenvalue weighted by Gasteiger charge is 2.16. The molecule has 0 aliphatic carbocycles. The van der Waals surface area contributed by atoms with Crippen molar-refractivity contribution >= 4 is 5.91 Å². The number of carbonyl (C=O) groups is 1. The monoisotopic (exact) mass is 218 g/mol. The SMILES string of the molecule is N#Cc1cccn1CC(=O)N1CCNCC1. The Balaban J connectivity index is 1.99. The summed E-state index contributed by atoms with van der Waals surface area (Å²) in [6.07, 6.45) is 1.76. The third-order valence-electron chi connectivity index (χ3n) is 2.72. The molecule has 1 N–H and O–H groups in total. The smallest absolute Gasteiger partial charge is 0.242 e. The molecule has 2 heterocycles. The Bertz CT molecular complexity index is 412. The van der Waals surface area contributed by atoms with Crippen LogP contribution in [0.15, 0.2) is 18.3 Å². The number of rotatable bonds is 2. The molecule has 0 unspecified atom stereocenters. The van der Waals surface area contributed by atoms with Crippen LogP contribution < -0.4 is 5.32 Å². The van der Waals surface area contributed by atoms with Crippen molar-refractivity contribution in [3.63, 3.8) is 0 Å². The van der Waals surface area contributed by atoms with Crippen molar-refractivity contribution < 1.29 is 4.79 Å². The molecule has 84 valence electrons. The van der Waals surface area contributed by atoms with Crippen LogP contribution in [0, 0.1) is 11.3 Å². The van der Waals surface area contributed by atoms with Gasteiger partial charge in [-0.1, -0.05) is 0 Å². The van der Waals surface area contributed by atoms with E-state index in [1.54, 1.807) is 22.9 Å². The lowest BCUT2D eigenvalue weighted by Crippen LogP contribution is -2.47. The molecular formula is C11H14N4O. The summed E-state index contributed by atoms with van der Waals surface area (Å²) in [6.45, 7) is 3.46. The van der Waals surface area contributed by atoms with Crippen LogP contribution in [0.3, 0.4) is 0 Å². The van der Waals surface area contributed by atoms with Crippen molar-refractivity contribution in [1.29, 1.82) is 5.26 Å². The second-order valence-corrected chi connectivity index (χ2v) is 3.76. The predicted octanol–water partition coefficient (Wildman–Crippen LogP) is -0.208. The van der Waals surface area contributed by atoms with E-state index < -0.39 is 0 Å². The number of hydrogen-bond acceptors (Lipinski definition) is 3. The minimum atomic E-state index is 0.0780. The summed E-state index contributed by atoms with van der Waals surface area (Å²) in [4.78, 5) is 13.7. The molecule has 0 atom stereocenters. The first kappa shape index (κ1) is 10.7. The van der Waals surface area contributed by atoms with Gasteiger partial charge >= 0.3 is 0 Å². The molecule has 0 bridgehead atoms. The van der Waals surface area contributed by atoms with Gasteiger partial charge in [0, 0.05) is 32.4 Å². The highest BCUT2D eigenvalue weighted by molar-refractivity contribution is 5.76. The first-order valence-corrected chi connectivity index (χ1v) is 5.35. The fraction of sp³-hybridized carbons (Fsp3) is 0.455. The summed E-state index contributed by atoms with van der Waals surface area (Å²) in [5.74, 6) is 0.0780. The molecule has 2 rings (SSSR count). The lowest BCUT2D eigenvalue weighted by Gasteiger charge is -2.27. The largest absolute Gasteiger partial charge is 0.339 e. The van der Waals surface area contributed by atoms with Crippen molar-refractivity contribution in [1.82, 2.24) is 14.8 Å². The molecule has 1 amide bonds. The van der Waals surface area contributed by atoms with Gasteiger partial charge in [-0.2, -0.15) is 5.26 Å². The van der Waals surface area contributed by atoms with Crippen molar-refractivity contribution in [2.45, 2.75) is 6.54 Å². The molecule has 0 radical (unpaired) electrons. The average molecular weight is 218 g/mol. The summed E-state index contributed by atoms with van der Waals surface area (Å²) < 4.78 is 1.68. The molecule has 5 nitrogen and oxygen atoms in total. The Morgan fingerprint density at radius 2 is 2.25 bits per heavy atom. The lowest BCUT2D eigenvalue weighted by molar-refractivity contribution is -0.132. The van der Waals surface area contributed by atoms with Crippen LogP contribution >= 0.6 is 0 Å². The van der Waals surface area contributed by atoms with Gasteiger partial charge in [-0.05, 0) is 12.1 Å². The first-order valence-electron chi connectivity index (χ1n) is 5.35. The van der Waals surface area contributed by atoms with Gasteiger partial charge in [0.2, 0.25) is 5.91 Å². The van der Waals surface area contributed by atoms with Gasteiger partial charge < -0.3 is 14.8 Å². The fourth-order valence-corrected chi connectivity index (χ4v) is 1.81. The van der Waals surface area contributed by atoms with E-state index in [1.807, 2.05) is 4.90 Å². The van der Waals surface area contributed by atoms with E-state index in [2.05, 4.69) is 11.4 Å². The van der Waals surface area contributed by atoms with E-state index >= 15 is 0 Å². The minimum Gasteiger partial charge on any atom is -0.339 e. The maximum absolute atomic E-state index is 11.9. The molecule has 1 aromatic heterocycles. The Morgan fingerprint density at radius 3 is 2.94 bits per heavy atom. The minimum absolute atomic E-state index is 0.0780. The standard InChI is InChI=1S/C11H14N4O/c12-8-10-2-1-5-15(10)9-11(16)14-6-3-13-4-7-14/h1-2,5,13H,3-4,6-7,9H2. The van der Waals surface area contributed by atoms with Gasteiger partial charge in [-0.25, -0.2) is 0 Å². The van der Waals surface area contributed by atoms with E-state index in [0.717, 1.165) is 26.2 Å². The quantitative estimate of drug-likeness (QED) is 0.747. The molecule has 5 heteroatoms. The number of hydrogen-bond donors (Lipinski definition) is 1. The number of nitrogens with zero attached hydrogens (tertiary/aromatic N) is 3. The number of aromatic nitrogens is 1. The summed E-state index contributed by atoms with van der Waals surface area (Å²) in [7, 11) is 0. The summed E-state index contributed by atoms with van der Waals surface area (Å²) in [6, 6.07) is 5.56.